The molecule has 7 heteroatoms. The maximum absolute atomic E-state index is 11.9. The monoisotopic (exact) mass is 322 g/mol. The Morgan fingerprint density at radius 2 is 2.14 bits per heavy atom. The zero-order valence-corrected chi connectivity index (χ0v) is 13.7. The van der Waals surface area contributed by atoms with E-state index in [1.54, 1.807) is 4.90 Å². The average Bonchev–Trinajstić information content (AvgIpc) is 2.75. The topological polar surface area (TPSA) is 60.2 Å². The van der Waals surface area contributed by atoms with Gasteiger partial charge in [0, 0.05) is 25.6 Å². The second-order valence-electron chi connectivity index (χ2n) is 6.63. The zero-order chi connectivity index (χ0) is 15.9. The molecule has 1 amide bonds. The van der Waals surface area contributed by atoms with Crippen molar-refractivity contribution in [2.75, 3.05) is 13.1 Å². The van der Waals surface area contributed by atoms with Gasteiger partial charge in [-0.25, -0.2) is 9.48 Å². The quantitative estimate of drug-likeness (QED) is 0.853. The summed E-state index contributed by atoms with van der Waals surface area (Å²) in [6, 6.07) is 5.58. The number of rotatable bonds is 2. The van der Waals surface area contributed by atoms with Crippen molar-refractivity contribution in [1.29, 1.82) is 0 Å². The van der Waals surface area contributed by atoms with Crippen molar-refractivity contribution < 1.29 is 9.53 Å². The van der Waals surface area contributed by atoms with Gasteiger partial charge in [-0.15, -0.1) is 5.10 Å². The van der Waals surface area contributed by atoms with Crippen molar-refractivity contribution >= 4 is 28.7 Å². The third-order valence-electron chi connectivity index (χ3n) is 3.52. The number of hydrogen-bond donors (Lipinski definition) is 0. The second kappa shape index (κ2) is 5.43. The second-order valence-corrected chi connectivity index (χ2v) is 7.04. The van der Waals surface area contributed by atoms with Crippen LogP contribution >= 0.6 is 11.6 Å². The number of halogens is 1. The van der Waals surface area contributed by atoms with E-state index >= 15 is 0 Å². The summed E-state index contributed by atoms with van der Waals surface area (Å²) in [6.07, 6.45) is -0.259. The van der Waals surface area contributed by atoms with Crippen molar-refractivity contribution in [2.24, 2.45) is 5.92 Å². The lowest BCUT2D eigenvalue weighted by Crippen LogP contribution is -2.52. The summed E-state index contributed by atoms with van der Waals surface area (Å²) in [7, 11) is 0. The summed E-state index contributed by atoms with van der Waals surface area (Å²) in [4.78, 5) is 13.6. The molecular formula is C15H19ClN4O2. The smallest absolute Gasteiger partial charge is 0.410 e. The molecule has 0 bridgehead atoms. The van der Waals surface area contributed by atoms with E-state index in [2.05, 4.69) is 10.3 Å². The molecule has 22 heavy (non-hydrogen) atoms. The molecule has 0 unspecified atom stereocenters. The van der Waals surface area contributed by atoms with Crippen molar-refractivity contribution in [3.8, 4) is 0 Å². The SMILES string of the molecule is CC(C)(C)OC(=O)N1CC(Cn2nnc3cccc(Cl)c32)C1. The van der Waals surface area contributed by atoms with Gasteiger partial charge in [0.25, 0.3) is 0 Å². The minimum atomic E-state index is -0.461. The van der Waals surface area contributed by atoms with Crippen LogP contribution in [0.1, 0.15) is 20.8 Å². The van der Waals surface area contributed by atoms with Gasteiger partial charge in [-0.3, -0.25) is 0 Å². The Balaban J connectivity index is 1.61. The molecule has 1 aromatic heterocycles. The third kappa shape index (κ3) is 3.02. The largest absolute Gasteiger partial charge is 0.444 e. The van der Waals surface area contributed by atoms with Crippen LogP contribution in [0.2, 0.25) is 5.02 Å². The highest BCUT2D eigenvalue weighted by Crippen LogP contribution is 2.25. The van der Waals surface area contributed by atoms with Gasteiger partial charge in [0.1, 0.15) is 16.6 Å². The molecule has 2 aromatic rings. The zero-order valence-electron chi connectivity index (χ0n) is 12.9. The fourth-order valence-electron chi connectivity index (χ4n) is 2.52. The minimum Gasteiger partial charge on any atom is -0.444 e. The molecule has 3 rings (SSSR count). The van der Waals surface area contributed by atoms with Crippen LogP contribution in [0.5, 0.6) is 0 Å². The number of carbonyl (C=O) groups is 1. The number of nitrogens with zero attached hydrogens (tertiary/aromatic N) is 4. The number of amides is 1. The fraction of sp³-hybridized carbons (Fsp3) is 0.533. The fourth-order valence-corrected chi connectivity index (χ4v) is 2.79. The number of ether oxygens (including phenoxy) is 1. The molecule has 1 aliphatic rings. The van der Waals surface area contributed by atoms with Crippen molar-refractivity contribution in [3.05, 3.63) is 23.2 Å². The number of benzene rings is 1. The highest BCUT2D eigenvalue weighted by atomic mass is 35.5. The predicted octanol–water partition coefficient (Wildman–Crippen LogP) is 2.95. The molecule has 0 radical (unpaired) electrons. The van der Waals surface area contributed by atoms with Gasteiger partial charge in [0.15, 0.2) is 0 Å². The van der Waals surface area contributed by atoms with E-state index in [0.717, 1.165) is 11.0 Å². The number of likely N-dealkylation sites (tertiary alicyclic amines) is 1. The van der Waals surface area contributed by atoms with Gasteiger partial charge in [0.2, 0.25) is 0 Å². The maximum atomic E-state index is 11.9. The molecule has 0 aliphatic carbocycles. The number of para-hydroxylation sites is 1. The van der Waals surface area contributed by atoms with Crippen LogP contribution in [0.15, 0.2) is 18.2 Å². The van der Waals surface area contributed by atoms with Gasteiger partial charge in [0.05, 0.1) is 5.02 Å². The summed E-state index contributed by atoms with van der Waals surface area (Å²) in [6.45, 7) is 7.63. The molecule has 1 saturated heterocycles. The molecule has 6 nitrogen and oxygen atoms in total. The minimum absolute atomic E-state index is 0.259. The Labute approximate surface area is 134 Å². The van der Waals surface area contributed by atoms with Gasteiger partial charge < -0.3 is 9.64 Å². The Morgan fingerprint density at radius 3 is 2.82 bits per heavy atom. The molecule has 1 fully saturated rings. The van der Waals surface area contributed by atoms with Crippen LogP contribution in [0.3, 0.4) is 0 Å². The first kappa shape index (κ1) is 15.1. The number of aromatic nitrogens is 3. The lowest BCUT2D eigenvalue weighted by atomic mass is 10.0. The predicted molar refractivity (Wildman–Crippen MR) is 83.8 cm³/mol. The van der Waals surface area contributed by atoms with Crippen LogP contribution in [0.4, 0.5) is 4.79 Å². The van der Waals surface area contributed by atoms with E-state index < -0.39 is 5.60 Å². The summed E-state index contributed by atoms with van der Waals surface area (Å²) in [5, 5.41) is 8.92. The average molecular weight is 323 g/mol. The Kier molecular flexibility index (Phi) is 3.72. The first-order valence-electron chi connectivity index (χ1n) is 7.29. The highest BCUT2D eigenvalue weighted by molar-refractivity contribution is 6.34. The molecule has 0 saturated carbocycles. The van der Waals surface area contributed by atoms with Crippen LogP contribution in [-0.2, 0) is 11.3 Å². The van der Waals surface area contributed by atoms with Gasteiger partial charge in [-0.1, -0.05) is 22.9 Å². The normalized spacial score (nSPS) is 15.9. The first-order valence-corrected chi connectivity index (χ1v) is 7.67. The number of fused-ring (bicyclic) bond motifs is 1. The van der Waals surface area contributed by atoms with Gasteiger partial charge in [-0.05, 0) is 32.9 Å². The molecule has 0 N–H and O–H groups in total. The standard InChI is InChI=1S/C15H19ClN4O2/c1-15(2,3)22-14(21)19-7-10(8-19)9-20-13-11(16)5-4-6-12(13)17-18-20/h4-6,10H,7-9H2,1-3H3. The summed E-state index contributed by atoms with van der Waals surface area (Å²) in [5.74, 6) is 0.341. The third-order valence-corrected chi connectivity index (χ3v) is 3.83. The van der Waals surface area contributed by atoms with Crippen LogP contribution in [0.25, 0.3) is 11.0 Å². The number of hydrogen-bond acceptors (Lipinski definition) is 4. The van der Waals surface area contributed by atoms with Gasteiger partial charge in [-0.2, -0.15) is 0 Å². The maximum Gasteiger partial charge on any atom is 0.410 e. The Bertz CT molecular complexity index is 701. The molecule has 1 aromatic carbocycles. The Hall–Kier alpha value is -1.82. The molecule has 0 spiro atoms. The summed E-state index contributed by atoms with van der Waals surface area (Å²) >= 11 is 6.21. The lowest BCUT2D eigenvalue weighted by Gasteiger charge is -2.39. The van der Waals surface area contributed by atoms with Crippen LogP contribution < -0.4 is 0 Å². The van der Waals surface area contributed by atoms with E-state index in [0.29, 0.717) is 30.6 Å². The molecular weight excluding hydrogens is 304 g/mol. The molecule has 1 aliphatic heterocycles. The Morgan fingerprint density at radius 1 is 1.41 bits per heavy atom. The van der Waals surface area contributed by atoms with E-state index in [-0.39, 0.29) is 6.09 Å². The van der Waals surface area contributed by atoms with E-state index in [4.69, 9.17) is 16.3 Å². The van der Waals surface area contributed by atoms with E-state index in [9.17, 15) is 4.79 Å². The van der Waals surface area contributed by atoms with Crippen molar-refractivity contribution in [3.63, 3.8) is 0 Å². The lowest BCUT2D eigenvalue weighted by molar-refractivity contribution is -0.00371. The van der Waals surface area contributed by atoms with E-state index in [1.165, 1.54) is 0 Å². The summed E-state index contributed by atoms with van der Waals surface area (Å²) in [5.41, 5.74) is 1.17. The first-order chi connectivity index (χ1) is 10.3. The van der Waals surface area contributed by atoms with Crippen molar-refractivity contribution in [1.82, 2.24) is 19.9 Å². The highest BCUT2D eigenvalue weighted by Gasteiger charge is 2.34. The summed E-state index contributed by atoms with van der Waals surface area (Å²) < 4.78 is 7.16. The van der Waals surface area contributed by atoms with Crippen LogP contribution in [-0.4, -0.2) is 44.7 Å². The molecule has 0 atom stereocenters. The molecule has 2 heterocycles. The molecule has 118 valence electrons. The van der Waals surface area contributed by atoms with Gasteiger partial charge >= 0.3 is 6.09 Å². The van der Waals surface area contributed by atoms with Crippen molar-refractivity contribution in [2.45, 2.75) is 32.9 Å². The van der Waals surface area contributed by atoms with E-state index in [1.807, 2.05) is 43.7 Å². The van der Waals surface area contributed by atoms with Crippen LogP contribution in [0, 0.1) is 5.92 Å². The number of carbonyl (C=O) groups excluding carboxylic acids is 1.